The molecule has 0 amide bonds. The normalized spacial score (nSPS) is 23.6. The van der Waals surface area contributed by atoms with Crippen LogP contribution in [0.3, 0.4) is 0 Å². The van der Waals surface area contributed by atoms with Gasteiger partial charge in [0.25, 0.3) is 5.56 Å². The number of hydrogen-bond donors (Lipinski definition) is 2. The molecule has 0 spiro atoms. The molecule has 1 aliphatic rings. The van der Waals surface area contributed by atoms with Gasteiger partial charge in [-0.05, 0) is 24.6 Å². The van der Waals surface area contributed by atoms with Gasteiger partial charge in [0.2, 0.25) is 0 Å². The van der Waals surface area contributed by atoms with E-state index in [0.717, 1.165) is 5.56 Å². The zero-order valence-corrected chi connectivity index (χ0v) is 11.2. The largest absolute Gasteiger partial charge is 0.389 e. The number of hydrogen-bond acceptors (Lipinski definition) is 5. The highest BCUT2D eigenvalue weighted by Crippen LogP contribution is 2.13. The first-order valence-electron chi connectivity index (χ1n) is 6.60. The van der Waals surface area contributed by atoms with E-state index < -0.39 is 12.2 Å². The molecular formula is C14H17N3O3. The second kappa shape index (κ2) is 4.97. The molecule has 2 aromatic heterocycles. The molecule has 0 saturated carbocycles. The summed E-state index contributed by atoms with van der Waals surface area (Å²) in [6.07, 6.45) is 0.269. The predicted molar refractivity (Wildman–Crippen MR) is 73.5 cm³/mol. The number of aryl methyl sites for hydroxylation is 1. The van der Waals surface area contributed by atoms with Crippen molar-refractivity contribution in [3.63, 3.8) is 0 Å². The number of rotatable bonds is 2. The average molecular weight is 275 g/mol. The molecule has 2 atom stereocenters. The molecule has 2 unspecified atom stereocenters. The highest BCUT2D eigenvalue weighted by atomic mass is 16.3. The van der Waals surface area contributed by atoms with Gasteiger partial charge >= 0.3 is 0 Å². The van der Waals surface area contributed by atoms with Gasteiger partial charge in [-0.1, -0.05) is 0 Å². The molecular weight excluding hydrogens is 258 g/mol. The SMILES string of the molecule is Cc1ccn2c(=O)cc(CN3CC(O)C(O)C3)nc2c1. The van der Waals surface area contributed by atoms with Crippen LogP contribution >= 0.6 is 0 Å². The molecule has 106 valence electrons. The Morgan fingerprint density at radius 3 is 2.70 bits per heavy atom. The summed E-state index contributed by atoms with van der Waals surface area (Å²) in [6, 6.07) is 5.22. The van der Waals surface area contributed by atoms with Crippen molar-refractivity contribution in [3.05, 3.63) is 46.0 Å². The highest BCUT2D eigenvalue weighted by molar-refractivity contribution is 5.41. The lowest BCUT2D eigenvalue weighted by Crippen LogP contribution is -2.24. The van der Waals surface area contributed by atoms with E-state index >= 15 is 0 Å². The number of β-amino-alcohol motifs (C(OH)–C–C–N with tert-alkyl or cyclic N) is 2. The molecule has 1 aliphatic heterocycles. The van der Waals surface area contributed by atoms with Crippen LogP contribution < -0.4 is 5.56 Å². The van der Waals surface area contributed by atoms with E-state index in [9.17, 15) is 15.0 Å². The standard InChI is InChI=1S/C14H17N3O3/c1-9-2-3-17-13(4-9)15-10(5-14(17)20)6-16-7-11(18)12(19)8-16/h2-5,11-12,18-19H,6-8H2,1H3. The zero-order chi connectivity index (χ0) is 14.3. The summed E-state index contributed by atoms with van der Waals surface area (Å²) < 4.78 is 1.50. The van der Waals surface area contributed by atoms with Crippen molar-refractivity contribution in [2.45, 2.75) is 25.7 Å². The molecule has 0 bridgehead atoms. The molecule has 2 aromatic rings. The Bertz CT molecular complexity index is 688. The number of aliphatic hydroxyl groups excluding tert-OH is 2. The van der Waals surface area contributed by atoms with Gasteiger partial charge in [-0.3, -0.25) is 14.1 Å². The summed E-state index contributed by atoms with van der Waals surface area (Å²) in [7, 11) is 0. The van der Waals surface area contributed by atoms with Crippen molar-refractivity contribution < 1.29 is 10.2 Å². The second-order valence-electron chi connectivity index (χ2n) is 5.35. The minimum atomic E-state index is -0.723. The van der Waals surface area contributed by atoms with Gasteiger partial charge in [0, 0.05) is 31.9 Å². The topological polar surface area (TPSA) is 78.1 Å². The predicted octanol–water partition coefficient (Wildman–Crippen LogP) is -0.460. The van der Waals surface area contributed by atoms with Gasteiger partial charge in [0.1, 0.15) is 5.65 Å². The number of fused-ring (bicyclic) bond motifs is 1. The third-order valence-electron chi connectivity index (χ3n) is 3.60. The smallest absolute Gasteiger partial charge is 0.258 e. The van der Waals surface area contributed by atoms with Crippen LogP contribution in [0.15, 0.2) is 29.2 Å². The summed E-state index contributed by atoms with van der Waals surface area (Å²) >= 11 is 0. The third kappa shape index (κ3) is 2.45. The lowest BCUT2D eigenvalue weighted by Gasteiger charge is -2.14. The Hall–Kier alpha value is -1.76. The Kier molecular flexibility index (Phi) is 3.29. The van der Waals surface area contributed by atoms with Crippen LogP contribution in [0.1, 0.15) is 11.3 Å². The number of pyridine rings is 1. The molecule has 1 fully saturated rings. The first-order valence-corrected chi connectivity index (χ1v) is 6.60. The molecule has 2 N–H and O–H groups in total. The quantitative estimate of drug-likeness (QED) is 0.775. The molecule has 20 heavy (non-hydrogen) atoms. The van der Waals surface area contributed by atoms with Crippen LogP contribution in [-0.2, 0) is 6.54 Å². The average Bonchev–Trinajstić information content (AvgIpc) is 2.67. The first kappa shape index (κ1) is 13.2. The number of likely N-dealkylation sites (tertiary alicyclic amines) is 1. The fraction of sp³-hybridized carbons (Fsp3) is 0.429. The van der Waals surface area contributed by atoms with Crippen molar-refractivity contribution in [2.75, 3.05) is 13.1 Å². The van der Waals surface area contributed by atoms with E-state index in [1.165, 1.54) is 10.5 Å². The van der Waals surface area contributed by atoms with Crippen LogP contribution in [0.2, 0.25) is 0 Å². The maximum absolute atomic E-state index is 12.0. The summed E-state index contributed by atoms with van der Waals surface area (Å²) in [4.78, 5) is 18.4. The number of aliphatic hydroxyl groups is 2. The van der Waals surface area contributed by atoms with E-state index in [4.69, 9.17) is 0 Å². The molecule has 0 radical (unpaired) electrons. The fourth-order valence-electron chi connectivity index (χ4n) is 2.54. The molecule has 6 heteroatoms. The van der Waals surface area contributed by atoms with Crippen LogP contribution in [0.5, 0.6) is 0 Å². The maximum Gasteiger partial charge on any atom is 0.258 e. The Morgan fingerprint density at radius 1 is 1.30 bits per heavy atom. The van der Waals surface area contributed by atoms with E-state index in [2.05, 4.69) is 4.98 Å². The molecule has 1 saturated heterocycles. The van der Waals surface area contributed by atoms with Crippen LogP contribution in [0.25, 0.3) is 5.65 Å². The number of nitrogens with zero attached hydrogens (tertiary/aromatic N) is 3. The van der Waals surface area contributed by atoms with Crippen molar-refractivity contribution in [3.8, 4) is 0 Å². The van der Waals surface area contributed by atoms with Gasteiger partial charge in [-0.2, -0.15) is 0 Å². The Morgan fingerprint density at radius 2 is 2.00 bits per heavy atom. The van der Waals surface area contributed by atoms with Crippen LogP contribution in [-0.4, -0.2) is 49.8 Å². The van der Waals surface area contributed by atoms with E-state index in [1.807, 2.05) is 24.0 Å². The van der Waals surface area contributed by atoms with Gasteiger partial charge in [-0.25, -0.2) is 4.98 Å². The maximum atomic E-state index is 12.0. The van der Waals surface area contributed by atoms with E-state index in [-0.39, 0.29) is 5.56 Å². The van der Waals surface area contributed by atoms with E-state index in [0.29, 0.717) is 31.0 Å². The number of aromatic nitrogens is 2. The van der Waals surface area contributed by atoms with Crippen LogP contribution in [0, 0.1) is 6.92 Å². The molecule has 0 aromatic carbocycles. The van der Waals surface area contributed by atoms with Crippen molar-refractivity contribution >= 4 is 5.65 Å². The minimum absolute atomic E-state index is 0.120. The second-order valence-corrected chi connectivity index (χ2v) is 5.35. The van der Waals surface area contributed by atoms with Gasteiger partial charge in [0.15, 0.2) is 0 Å². The van der Waals surface area contributed by atoms with Crippen LogP contribution in [0.4, 0.5) is 0 Å². The Labute approximate surface area is 115 Å². The summed E-state index contributed by atoms with van der Waals surface area (Å²) in [5.41, 5.74) is 2.20. The zero-order valence-electron chi connectivity index (χ0n) is 11.2. The summed E-state index contributed by atoms with van der Waals surface area (Å²) in [5.74, 6) is 0. The first-order chi connectivity index (χ1) is 9.52. The summed E-state index contributed by atoms with van der Waals surface area (Å²) in [6.45, 7) is 3.20. The lowest BCUT2D eigenvalue weighted by molar-refractivity contribution is 0.0572. The molecule has 3 rings (SSSR count). The van der Waals surface area contributed by atoms with Gasteiger partial charge < -0.3 is 10.2 Å². The fourth-order valence-corrected chi connectivity index (χ4v) is 2.54. The van der Waals surface area contributed by atoms with E-state index in [1.54, 1.807) is 6.20 Å². The minimum Gasteiger partial charge on any atom is -0.389 e. The van der Waals surface area contributed by atoms with Crippen molar-refractivity contribution in [1.29, 1.82) is 0 Å². The van der Waals surface area contributed by atoms with Gasteiger partial charge in [-0.15, -0.1) is 0 Å². The Balaban J connectivity index is 1.91. The molecule has 6 nitrogen and oxygen atoms in total. The third-order valence-corrected chi connectivity index (χ3v) is 3.60. The monoisotopic (exact) mass is 275 g/mol. The summed E-state index contributed by atoms with van der Waals surface area (Å²) in [5, 5.41) is 19.1. The molecule has 0 aliphatic carbocycles. The molecule has 3 heterocycles. The lowest BCUT2D eigenvalue weighted by atomic mass is 10.3. The van der Waals surface area contributed by atoms with Crippen molar-refractivity contribution in [1.82, 2.24) is 14.3 Å². The van der Waals surface area contributed by atoms with Gasteiger partial charge in [0.05, 0.1) is 17.9 Å². The highest BCUT2D eigenvalue weighted by Gasteiger charge is 2.29. The van der Waals surface area contributed by atoms with Crippen molar-refractivity contribution in [2.24, 2.45) is 0 Å².